The molecular weight excluding hydrogens is 800 g/mol. The fraction of sp³-hybridized carbons (Fsp3) is 0. The van der Waals surface area contributed by atoms with Crippen LogP contribution in [0.15, 0.2) is 194 Å². The van der Waals surface area contributed by atoms with E-state index in [1.54, 1.807) is 0 Å². The second-order valence-electron chi connectivity index (χ2n) is 12.0. The van der Waals surface area contributed by atoms with Crippen molar-refractivity contribution in [1.82, 2.24) is 9.97 Å². The number of hydrogen-bond acceptors (Lipinski definition) is 2. The molecule has 51 heavy (non-hydrogen) atoms. The van der Waals surface area contributed by atoms with E-state index in [2.05, 4.69) is 133 Å². The van der Waals surface area contributed by atoms with E-state index in [0.717, 1.165) is 67.3 Å². The minimum atomic E-state index is 0. The Bertz CT molecular complexity index is 2200. The van der Waals surface area contributed by atoms with E-state index in [-0.39, 0.29) is 21.1 Å². The number of aromatic nitrogens is 2. The fourth-order valence-electron chi connectivity index (χ4n) is 6.32. The average Bonchev–Trinajstić information content (AvgIpc) is 3.21. The van der Waals surface area contributed by atoms with Crippen molar-refractivity contribution in [2.75, 3.05) is 0 Å². The summed E-state index contributed by atoms with van der Waals surface area (Å²) in [4.78, 5) is 10.6. The van der Waals surface area contributed by atoms with Gasteiger partial charge in [-0.1, -0.05) is 133 Å². The van der Waals surface area contributed by atoms with Crippen molar-refractivity contribution in [2.45, 2.75) is 0 Å². The van der Waals surface area contributed by atoms with E-state index < -0.39 is 0 Å². The van der Waals surface area contributed by atoms with Gasteiger partial charge in [0.2, 0.25) is 0 Å². The third-order valence-corrected chi connectivity index (χ3v) is 8.79. The molecule has 0 saturated heterocycles. The summed E-state index contributed by atoms with van der Waals surface area (Å²) in [5.41, 5.74) is 14.1. The van der Waals surface area contributed by atoms with Gasteiger partial charge < -0.3 is 0 Å². The topological polar surface area (TPSA) is 25.8 Å². The summed E-state index contributed by atoms with van der Waals surface area (Å²) < 4.78 is 0. The molecule has 244 valence electrons. The van der Waals surface area contributed by atoms with Crippen molar-refractivity contribution >= 4 is 11.1 Å². The van der Waals surface area contributed by atoms with Gasteiger partial charge in [0, 0.05) is 11.1 Å². The van der Waals surface area contributed by atoms with E-state index >= 15 is 0 Å². The maximum absolute atomic E-state index is 5.29. The van der Waals surface area contributed by atoms with Crippen molar-refractivity contribution in [3.8, 4) is 44.8 Å². The smallest absolute Gasteiger partial charge is 0.296 e. The van der Waals surface area contributed by atoms with Gasteiger partial charge in [-0.25, -0.2) is 0 Å². The van der Waals surface area contributed by atoms with Crippen LogP contribution in [0.25, 0.3) is 55.9 Å². The predicted octanol–water partition coefficient (Wildman–Crippen LogP) is 11.7. The standard InChI is InChI=1S/C48H32N2.Pt/c1-5-15-35(16-6-1)37-27-31-41(32-28-37)47(42-33-29-38(30-34-42)36-17-7-2-8-18-36)48(45-25-13-23-43(49-45)39-19-9-3-10-20-39)46-26-14-24-44(50-46)40-21-11-4-12-22-40;/h1-19,21,23-34H;/q-2;+2. The van der Waals surface area contributed by atoms with Gasteiger partial charge in [-0.05, 0) is 56.9 Å². The van der Waals surface area contributed by atoms with Crippen LogP contribution in [0.3, 0.4) is 0 Å². The molecule has 0 aliphatic heterocycles. The van der Waals surface area contributed by atoms with E-state index in [0.29, 0.717) is 0 Å². The Balaban J connectivity index is 0.00000406. The first-order valence-electron chi connectivity index (χ1n) is 16.8. The van der Waals surface area contributed by atoms with Gasteiger partial charge in [0.15, 0.2) is 0 Å². The van der Waals surface area contributed by atoms with Crippen LogP contribution < -0.4 is 0 Å². The number of nitrogens with zero attached hydrogens (tertiary/aromatic N) is 2. The van der Waals surface area contributed by atoms with E-state index in [9.17, 15) is 0 Å². The maximum atomic E-state index is 5.29. The predicted molar refractivity (Wildman–Crippen MR) is 206 cm³/mol. The van der Waals surface area contributed by atoms with Crippen molar-refractivity contribution in [2.24, 2.45) is 0 Å². The Morgan fingerprint density at radius 1 is 0.333 bits per heavy atom. The molecule has 0 spiro atoms. The largest absolute Gasteiger partial charge is 2.00 e. The zero-order chi connectivity index (χ0) is 33.5. The van der Waals surface area contributed by atoms with Crippen LogP contribution in [0, 0.1) is 12.1 Å². The molecule has 8 rings (SSSR count). The summed E-state index contributed by atoms with van der Waals surface area (Å²) in [5, 5.41) is 0. The molecule has 0 atom stereocenters. The van der Waals surface area contributed by atoms with Crippen molar-refractivity contribution in [1.29, 1.82) is 0 Å². The summed E-state index contributed by atoms with van der Waals surface area (Å²) in [7, 11) is 0. The first-order valence-corrected chi connectivity index (χ1v) is 16.8. The molecule has 3 heteroatoms. The summed E-state index contributed by atoms with van der Waals surface area (Å²) in [6, 6.07) is 73.7. The molecule has 0 aliphatic carbocycles. The fourth-order valence-corrected chi connectivity index (χ4v) is 6.32. The van der Waals surface area contributed by atoms with Gasteiger partial charge in [0.1, 0.15) is 0 Å². The summed E-state index contributed by atoms with van der Waals surface area (Å²) in [6.07, 6.45) is 0. The Labute approximate surface area is 314 Å². The molecule has 0 unspecified atom stereocenters. The molecule has 8 aromatic rings. The third kappa shape index (κ3) is 7.48. The average molecular weight is 832 g/mol. The Morgan fingerprint density at radius 3 is 1.12 bits per heavy atom. The number of hydrogen-bond donors (Lipinski definition) is 0. The molecular formula is C48H32N2Pt. The Kier molecular flexibility index (Phi) is 10.3. The van der Waals surface area contributed by atoms with Gasteiger partial charge in [0.25, 0.3) is 0 Å². The first-order chi connectivity index (χ1) is 24.8. The minimum Gasteiger partial charge on any atom is -0.296 e. The van der Waals surface area contributed by atoms with Gasteiger partial charge in [-0.2, -0.15) is 0 Å². The normalized spacial score (nSPS) is 10.6. The third-order valence-electron chi connectivity index (χ3n) is 8.79. The van der Waals surface area contributed by atoms with E-state index in [1.165, 1.54) is 11.1 Å². The van der Waals surface area contributed by atoms with Gasteiger partial charge in [-0.3, -0.25) is 9.97 Å². The van der Waals surface area contributed by atoms with Crippen molar-refractivity contribution in [3.63, 3.8) is 0 Å². The molecule has 0 saturated carbocycles. The molecule has 0 radical (unpaired) electrons. The molecule has 0 amide bonds. The second kappa shape index (κ2) is 15.7. The Morgan fingerprint density at radius 2 is 0.725 bits per heavy atom. The van der Waals surface area contributed by atoms with E-state index in [4.69, 9.17) is 9.97 Å². The molecule has 0 fully saturated rings. The molecule has 0 bridgehead atoms. The molecule has 0 N–H and O–H groups in total. The van der Waals surface area contributed by atoms with Crippen LogP contribution >= 0.6 is 0 Å². The second-order valence-corrected chi connectivity index (χ2v) is 12.0. The number of benzene rings is 6. The molecule has 2 aromatic heterocycles. The summed E-state index contributed by atoms with van der Waals surface area (Å²) >= 11 is 0. The minimum absolute atomic E-state index is 0. The van der Waals surface area contributed by atoms with Crippen LogP contribution in [0.1, 0.15) is 22.5 Å². The number of pyridine rings is 2. The zero-order valence-electron chi connectivity index (χ0n) is 27.7. The quantitative estimate of drug-likeness (QED) is 0.143. The van der Waals surface area contributed by atoms with E-state index in [1.807, 2.05) is 72.8 Å². The van der Waals surface area contributed by atoms with Gasteiger partial charge in [-0.15, -0.1) is 71.8 Å². The van der Waals surface area contributed by atoms with Crippen LogP contribution in [-0.2, 0) is 21.1 Å². The first kappa shape index (κ1) is 33.5. The van der Waals surface area contributed by atoms with Gasteiger partial charge in [0.05, 0.1) is 11.4 Å². The van der Waals surface area contributed by atoms with Crippen LogP contribution in [0.5, 0.6) is 0 Å². The van der Waals surface area contributed by atoms with Crippen LogP contribution in [-0.4, -0.2) is 9.97 Å². The number of rotatable bonds is 8. The van der Waals surface area contributed by atoms with Crippen LogP contribution in [0.4, 0.5) is 0 Å². The molecule has 2 heterocycles. The zero-order valence-corrected chi connectivity index (χ0v) is 30.0. The van der Waals surface area contributed by atoms with Crippen molar-refractivity contribution < 1.29 is 21.1 Å². The summed E-state index contributed by atoms with van der Waals surface area (Å²) in [6.45, 7) is 0. The SMILES string of the molecule is [Pt+2].[c-]1ccccc1-c1cccc(C(=C(c2ccc(-c3ccccc3)cc2)c2ccc(-c3ccccc3)cc2)c2cccc(-c3[c-]cccc3)n2)n1. The molecule has 2 nitrogen and oxygen atoms in total. The Hall–Kier alpha value is -5.95. The van der Waals surface area contributed by atoms with Gasteiger partial charge >= 0.3 is 21.1 Å². The maximum Gasteiger partial charge on any atom is 2.00 e. The molecule has 0 aliphatic rings. The van der Waals surface area contributed by atoms with Crippen molar-refractivity contribution in [3.05, 3.63) is 229 Å². The summed E-state index contributed by atoms with van der Waals surface area (Å²) in [5.74, 6) is 0. The van der Waals surface area contributed by atoms with Crippen LogP contribution in [0.2, 0.25) is 0 Å². The monoisotopic (exact) mass is 831 g/mol. The molecule has 6 aromatic carbocycles.